The number of carbonyl (C=O) groups excluding carboxylic acids is 1. The van der Waals surface area contributed by atoms with Gasteiger partial charge in [-0.1, -0.05) is 0 Å². The minimum Gasteiger partial charge on any atom is -0.459 e. The predicted molar refractivity (Wildman–Crippen MR) is 80.4 cm³/mol. The Hall–Kier alpha value is -0.660. The van der Waals surface area contributed by atoms with Gasteiger partial charge in [0, 0.05) is 6.54 Å². The van der Waals surface area contributed by atoms with Crippen LogP contribution in [0.1, 0.15) is 47.5 Å². The molecule has 0 aromatic heterocycles. The van der Waals surface area contributed by atoms with E-state index < -0.39 is 27.6 Å². The standard InChI is InChI=1S/C14H27NO5S/c1-11(2)19-9-10-21(17,18)15-8-6-7-12(15)13(16)20-14(3,4)5/h11-12H,6-10H2,1-5H3/t12-/m0/s1. The summed E-state index contributed by atoms with van der Waals surface area (Å²) in [6, 6.07) is -0.701. The molecule has 1 atom stereocenters. The van der Waals surface area contributed by atoms with Crippen LogP contribution in [0.3, 0.4) is 0 Å². The first-order valence-corrected chi connectivity index (χ1v) is 8.98. The van der Waals surface area contributed by atoms with Gasteiger partial charge in [-0.25, -0.2) is 8.42 Å². The van der Waals surface area contributed by atoms with Crippen molar-refractivity contribution in [3.8, 4) is 0 Å². The lowest BCUT2D eigenvalue weighted by molar-refractivity contribution is -0.158. The van der Waals surface area contributed by atoms with Crippen molar-refractivity contribution in [2.75, 3.05) is 18.9 Å². The highest BCUT2D eigenvalue weighted by molar-refractivity contribution is 7.89. The molecule has 7 heteroatoms. The van der Waals surface area contributed by atoms with Crippen molar-refractivity contribution < 1.29 is 22.7 Å². The molecule has 0 spiro atoms. The second kappa shape index (κ2) is 7.07. The van der Waals surface area contributed by atoms with Gasteiger partial charge in [0.1, 0.15) is 11.6 Å². The Kier molecular flexibility index (Phi) is 6.19. The molecule has 0 radical (unpaired) electrons. The Morgan fingerprint density at radius 2 is 1.95 bits per heavy atom. The molecule has 0 amide bonds. The smallest absolute Gasteiger partial charge is 0.324 e. The SMILES string of the molecule is CC(C)OCCS(=O)(=O)N1CCC[C@H]1C(=O)OC(C)(C)C. The highest BCUT2D eigenvalue weighted by atomic mass is 32.2. The van der Waals surface area contributed by atoms with E-state index in [0.717, 1.165) is 0 Å². The lowest BCUT2D eigenvalue weighted by Gasteiger charge is -2.27. The molecule has 21 heavy (non-hydrogen) atoms. The van der Waals surface area contributed by atoms with Crippen LogP contribution in [0.4, 0.5) is 0 Å². The number of hydrogen-bond donors (Lipinski definition) is 0. The minimum absolute atomic E-state index is 0.0135. The van der Waals surface area contributed by atoms with E-state index in [0.29, 0.717) is 19.4 Å². The molecule has 1 heterocycles. The molecule has 124 valence electrons. The molecule has 0 unspecified atom stereocenters. The van der Waals surface area contributed by atoms with Crippen LogP contribution in [0, 0.1) is 0 Å². The monoisotopic (exact) mass is 321 g/mol. The molecule has 0 aliphatic carbocycles. The van der Waals surface area contributed by atoms with Crippen molar-refractivity contribution in [3.63, 3.8) is 0 Å². The van der Waals surface area contributed by atoms with Crippen LogP contribution in [-0.2, 0) is 24.3 Å². The van der Waals surface area contributed by atoms with Gasteiger partial charge in [-0.15, -0.1) is 0 Å². The van der Waals surface area contributed by atoms with Crippen molar-refractivity contribution in [1.29, 1.82) is 0 Å². The van der Waals surface area contributed by atoms with Crippen LogP contribution in [-0.4, -0.2) is 55.3 Å². The van der Waals surface area contributed by atoms with Crippen molar-refractivity contribution in [1.82, 2.24) is 4.31 Å². The third-order valence-corrected chi connectivity index (χ3v) is 4.87. The number of esters is 1. The maximum Gasteiger partial charge on any atom is 0.324 e. The normalized spacial score (nSPS) is 21.0. The van der Waals surface area contributed by atoms with Crippen molar-refractivity contribution in [3.05, 3.63) is 0 Å². The quantitative estimate of drug-likeness (QED) is 0.694. The Labute approximate surface area is 127 Å². The fourth-order valence-electron chi connectivity index (χ4n) is 2.18. The van der Waals surface area contributed by atoms with Crippen molar-refractivity contribution in [2.45, 2.75) is 65.2 Å². The van der Waals surface area contributed by atoms with Crippen LogP contribution in [0.5, 0.6) is 0 Å². The zero-order chi connectivity index (χ0) is 16.3. The van der Waals surface area contributed by atoms with Crippen molar-refractivity contribution >= 4 is 16.0 Å². The maximum atomic E-state index is 12.3. The minimum atomic E-state index is -3.50. The predicted octanol–water partition coefficient (Wildman–Crippen LogP) is 1.55. The summed E-state index contributed by atoms with van der Waals surface area (Å²) in [6.07, 6.45) is 1.17. The fourth-order valence-corrected chi connectivity index (χ4v) is 3.71. The maximum absolute atomic E-state index is 12.3. The molecule has 0 aromatic rings. The molecule has 0 saturated carbocycles. The summed E-state index contributed by atoms with van der Waals surface area (Å²) >= 11 is 0. The Bertz CT molecular complexity index is 452. The van der Waals surface area contributed by atoms with E-state index in [2.05, 4.69) is 0 Å². The second-order valence-electron chi connectivity index (χ2n) is 6.54. The van der Waals surface area contributed by atoms with E-state index in [1.54, 1.807) is 20.8 Å². The molecule has 1 saturated heterocycles. The third kappa shape index (κ3) is 5.92. The summed E-state index contributed by atoms with van der Waals surface area (Å²) in [4.78, 5) is 12.1. The summed E-state index contributed by atoms with van der Waals surface area (Å²) in [5.41, 5.74) is -0.615. The zero-order valence-electron chi connectivity index (χ0n) is 13.6. The van der Waals surface area contributed by atoms with Crippen LogP contribution in [0.25, 0.3) is 0 Å². The highest BCUT2D eigenvalue weighted by Crippen LogP contribution is 2.24. The Morgan fingerprint density at radius 3 is 2.48 bits per heavy atom. The lowest BCUT2D eigenvalue weighted by Crippen LogP contribution is -2.44. The van der Waals surface area contributed by atoms with Crippen molar-refractivity contribution in [2.24, 2.45) is 0 Å². The molecule has 1 aliphatic heterocycles. The first kappa shape index (κ1) is 18.4. The first-order chi connectivity index (χ1) is 9.53. The van der Waals surface area contributed by atoms with Crippen LogP contribution in [0.2, 0.25) is 0 Å². The second-order valence-corrected chi connectivity index (χ2v) is 8.58. The fraction of sp³-hybridized carbons (Fsp3) is 0.929. The first-order valence-electron chi connectivity index (χ1n) is 7.37. The van der Waals surface area contributed by atoms with E-state index in [4.69, 9.17) is 9.47 Å². The number of rotatable bonds is 6. The van der Waals surface area contributed by atoms with E-state index in [1.165, 1.54) is 4.31 Å². The van der Waals surface area contributed by atoms with E-state index in [-0.39, 0.29) is 18.5 Å². The van der Waals surface area contributed by atoms with E-state index >= 15 is 0 Å². The molecule has 6 nitrogen and oxygen atoms in total. The van der Waals surface area contributed by atoms with Gasteiger partial charge in [0.25, 0.3) is 0 Å². The summed E-state index contributed by atoms with van der Waals surface area (Å²) < 4.78 is 36.5. The Morgan fingerprint density at radius 1 is 1.33 bits per heavy atom. The topological polar surface area (TPSA) is 72.9 Å². The van der Waals surface area contributed by atoms with E-state index in [1.807, 2.05) is 13.8 Å². The van der Waals surface area contributed by atoms with Gasteiger partial charge >= 0.3 is 5.97 Å². The summed E-state index contributed by atoms with van der Waals surface area (Å²) in [5.74, 6) is -0.571. The summed E-state index contributed by atoms with van der Waals surface area (Å²) in [5, 5.41) is 0. The number of nitrogens with zero attached hydrogens (tertiary/aromatic N) is 1. The van der Waals surface area contributed by atoms with Crippen LogP contribution in [0.15, 0.2) is 0 Å². The van der Waals surface area contributed by atoms with Gasteiger partial charge in [0.15, 0.2) is 0 Å². The number of carbonyl (C=O) groups is 1. The highest BCUT2D eigenvalue weighted by Gasteiger charge is 2.40. The molecule has 1 aliphatic rings. The molecule has 0 N–H and O–H groups in total. The molecule has 0 bridgehead atoms. The molecule has 1 rings (SSSR count). The zero-order valence-corrected chi connectivity index (χ0v) is 14.4. The van der Waals surface area contributed by atoms with Crippen LogP contribution < -0.4 is 0 Å². The summed E-state index contributed by atoms with van der Waals surface area (Å²) in [6.45, 7) is 9.53. The third-order valence-electron chi connectivity index (χ3n) is 3.03. The van der Waals surface area contributed by atoms with Gasteiger partial charge in [0.2, 0.25) is 10.0 Å². The van der Waals surface area contributed by atoms with Gasteiger partial charge in [-0.2, -0.15) is 4.31 Å². The molecular weight excluding hydrogens is 294 g/mol. The largest absolute Gasteiger partial charge is 0.459 e. The van der Waals surface area contributed by atoms with Crippen LogP contribution >= 0.6 is 0 Å². The molecular formula is C14H27NO5S. The number of hydrogen-bond acceptors (Lipinski definition) is 5. The lowest BCUT2D eigenvalue weighted by atomic mass is 10.2. The van der Waals surface area contributed by atoms with Gasteiger partial charge in [-0.3, -0.25) is 4.79 Å². The number of ether oxygens (including phenoxy) is 2. The average Bonchev–Trinajstić information content (AvgIpc) is 2.74. The van der Waals surface area contributed by atoms with Gasteiger partial charge < -0.3 is 9.47 Å². The van der Waals surface area contributed by atoms with Gasteiger partial charge in [-0.05, 0) is 47.5 Å². The average molecular weight is 321 g/mol. The van der Waals surface area contributed by atoms with Gasteiger partial charge in [0.05, 0.1) is 18.5 Å². The summed E-state index contributed by atoms with van der Waals surface area (Å²) in [7, 11) is -3.50. The Balaban J connectivity index is 2.69. The molecule has 0 aromatic carbocycles. The number of sulfonamides is 1. The van der Waals surface area contributed by atoms with E-state index in [9.17, 15) is 13.2 Å². The molecule has 1 fully saturated rings.